The highest BCUT2D eigenvalue weighted by Gasteiger charge is 2.21. The zero-order valence-electron chi connectivity index (χ0n) is 15.7. The Morgan fingerprint density at radius 1 is 1.11 bits per heavy atom. The molecule has 4 rings (SSSR count). The van der Waals surface area contributed by atoms with E-state index in [0.717, 1.165) is 5.56 Å². The molecular weight excluding hydrogens is 360 g/mol. The lowest BCUT2D eigenvalue weighted by Crippen LogP contribution is -2.48. The monoisotopic (exact) mass is 382 g/mol. The van der Waals surface area contributed by atoms with Crippen molar-refractivity contribution in [2.75, 3.05) is 51.4 Å². The standard InChI is InChI=1S/C20H22N4O4/c1-26-16-13-15(14-17-19(16)28-12-11-27-17)3-4-18(25)23-7-9-24(10-8-23)20-21-5-2-6-22-20/h2-6,13-14H,7-12H2,1H3/b4-3+. The molecule has 0 bridgehead atoms. The van der Waals surface area contributed by atoms with Crippen molar-refractivity contribution in [3.8, 4) is 17.2 Å². The van der Waals surface area contributed by atoms with Gasteiger partial charge in [-0.05, 0) is 29.8 Å². The first kappa shape index (κ1) is 18.1. The number of amides is 1. The molecule has 2 aliphatic rings. The Hall–Kier alpha value is -3.29. The van der Waals surface area contributed by atoms with Gasteiger partial charge in [0.15, 0.2) is 11.5 Å². The molecule has 0 aliphatic carbocycles. The zero-order chi connectivity index (χ0) is 19.3. The molecule has 146 valence electrons. The van der Waals surface area contributed by atoms with Crippen molar-refractivity contribution in [3.63, 3.8) is 0 Å². The van der Waals surface area contributed by atoms with Crippen LogP contribution in [0.1, 0.15) is 5.56 Å². The topological polar surface area (TPSA) is 77.0 Å². The number of hydrogen-bond acceptors (Lipinski definition) is 7. The number of benzene rings is 1. The molecule has 1 amide bonds. The second-order valence-corrected chi connectivity index (χ2v) is 6.44. The Morgan fingerprint density at radius 3 is 2.61 bits per heavy atom. The number of carbonyl (C=O) groups excluding carboxylic acids is 1. The van der Waals surface area contributed by atoms with Gasteiger partial charge >= 0.3 is 0 Å². The van der Waals surface area contributed by atoms with E-state index < -0.39 is 0 Å². The number of fused-ring (bicyclic) bond motifs is 1. The van der Waals surface area contributed by atoms with Crippen LogP contribution in [0.25, 0.3) is 6.08 Å². The molecule has 3 heterocycles. The largest absolute Gasteiger partial charge is 0.493 e. The van der Waals surface area contributed by atoms with Gasteiger partial charge in [-0.15, -0.1) is 0 Å². The van der Waals surface area contributed by atoms with Crippen molar-refractivity contribution in [1.82, 2.24) is 14.9 Å². The van der Waals surface area contributed by atoms with Gasteiger partial charge in [0.05, 0.1) is 7.11 Å². The van der Waals surface area contributed by atoms with E-state index in [0.29, 0.717) is 62.6 Å². The second-order valence-electron chi connectivity index (χ2n) is 6.44. The summed E-state index contributed by atoms with van der Waals surface area (Å²) in [6.07, 6.45) is 6.81. The van der Waals surface area contributed by atoms with Crippen molar-refractivity contribution in [3.05, 3.63) is 42.2 Å². The van der Waals surface area contributed by atoms with Crippen LogP contribution < -0.4 is 19.1 Å². The minimum Gasteiger partial charge on any atom is -0.493 e. The Morgan fingerprint density at radius 2 is 1.86 bits per heavy atom. The summed E-state index contributed by atoms with van der Waals surface area (Å²) < 4.78 is 16.6. The maximum Gasteiger partial charge on any atom is 0.246 e. The first-order chi connectivity index (χ1) is 13.7. The molecule has 0 atom stereocenters. The van der Waals surface area contributed by atoms with Gasteiger partial charge in [-0.2, -0.15) is 0 Å². The molecule has 0 N–H and O–H groups in total. The predicted octanol–water partition coefficient (Wildman–Crippen LogP) is 1.62. The van der Waals surface area contributed by atoms with Crippen LogP contribution in [0.3, 0.4) is 0 Å². The SMILES string of the molecule is COc1cc(/C=C/C(=O)N2CCN(c3ncccn3)CC2)cc2c1OCCO2. The fourth-order valence-corrected chi connectivity index (χ4v) is 3.24. The summed E-state index contributed by atoms with van der Waals surface area (Å²) >= 11 is 0. The van der Waals surface area contributed by atoms with Gasteiger partial charge < -0.3 is 24.0 Å². The van der Waals surface area contributed by atoms with Crippen molar-refractivity contribution >= 4 is 17.9 Å². The molecule has 0 saturated carbocycles. The van der Waals surface area contributed by atoms with Gasteiger partial charge in [0.1, 0.15) is 13.2 Å². The number of rotatable bonds is 4. The number of hydrogen-bond donors (Lipinski definition) is 0. The molecule has 2 aliphatic heterocycles. The first-order valence-corrected chi connectivity index (χ1v) is 9.21. The van der Waals surface area contributed by atoms with Gasteiger partial charge in [-0.25, -0.2) is 9.97 Å². The summed E-state index contributed by atoms with van der Waals surface area (Å²) in [4.78, 5) is 25.0. The van der Waals surface area contributed by atoms with Crippen molar-refractivity contribution in [2.24, 2.45) is 0 Å². The maximum atomic E-state index is 12.6. The first-order valence-electron chi connectivity index (χ1n) is 9.21. The van der Waals surface area contributed by atoms with Crippen LogP contribution in [0.4, 0.5) is 5.95 Å². The summed E-state index contributed by atoms with van der Waals surface area (Å²) in [6.45, 7) is 3.68. The fourth-order valence-electron chi connectivity index (χ4n) is 3.24. The molecule has 8 heteroatoms. The number of aromatic nitrogens is 2. The van der Waals surface area contributed by atoms with Gasteiger partial charge in [0.2, 0.25) is 17.6 Å². The summed E-state index contributed by atoms with van der Waals surface area (Å²) in [5.41, 5.74) is 0.825. The Kier molecular flexibility index (Phi) is 5.27. The Balaban J connectivity index is 1.39. The van der Waals surface area contributed by atoms with Gasteiger partial charge in [0, 0.05) is 44.6 Å². The van der Waals surface area contributed by atoms with E-state index in [2.05, 4.69) is 14.9 Å². The van der Waals surface area contributed by atoms with Gasteiger partial charge in [-0.3, -0.25) is 4.79 Å². The number of methoxy groups -OCH3 is 1. The number of carbonyl (C=O) groups is 1. The summed E-state index contributed by atoms with van der Waals surface area (Å²) in [6, 6.07) is 5.48. The highest BCUT2D eigenvalue weighted by atomic mass is 16.6. The average molecular weight is 382 g/mol. The number of ether oxygens (including phenoxy) is 3. The van der Waals surface area contributed by atoms with E-state index in [4.69, 9.17) is 14.2 Å². The maximum absolute atomic E-state index is 12.6. The summed E-state index contributed by atoms with van der Waals surface area (Å²) in [5, 5.41) is 0. The van der Waals surface area contributed by atoms with Gasteiger partial charge in [0.25, 0.3) is 0 Å². The number of piperazine rings is 1. The summed E-state index contributed by atoms with van der Waals surface area (Å²) in [7, 11) is 1.59. The molecule has 1 fully saturated rings. The second kappa shape index (κ2) is 8.16. The van der Waals surface area contributed by atoms with E-state index in [1.165, 1.54) is 0 Å². The Labute approximate surface area is 163 Å². The molecule has 1 aromatic heterocycles. The van der Waals surface area contributed by atoms with Crippen LogP contribution in [0.15, 0.2) is 36.7 Å². The quantitative estimate of drug-likeness (QED) is 0.744. The molecule has 1 aromatic carbocycles. The van der Waals surface area contributed by atoms with Crippen LogP contribution in [0.2, 0.25) is 0 Å². The third-order valence-corrected chi connectivity index (χ3v) is 4.70. The molecular formula is C20H22N4O4. The third-order valence-electron chi connectivity index (χ3n) is 4.70. The normalized spacial score (nSPS) is 16.3. The number of nitrogens with zero attached hydrogens (tertiary/aromatic N) is 4. The highest BCUT2D eigenvalue weighted by molar-refractivity contribution is 5.92. The lowest BCUT2D eigenvalue weighted by atomic mass is 10.1. The van der Waals surface area contributed by atoms with Crippen molar-refractivity contribution in [2.45, 2.75) is 0 Å². The predicted molar refractivity (Wildman–Crippen MR) is 104 cm³/mol. The summed E-state index contributed by atoms with van der Waals surface area (Å²) in [5.74, 6) is 2.52. The lowest BCUT2D eigenvalue weighted by Gasteiger charge is -2.34. The number of anilines is 1. The molecule has 2 aromatic rings. The van der Waals surface area contributed by atoms with E-state index >= 15 is 0 Å². The van der Waals surface area contributed by atoms with E-state index in [1.54, 1.807) is 37.7 Å². The Bertz CT molecular complexity index is 847. The fraction of sp³-hybridized carbons (Fsp3) is 0.350. The molecule has 0 radical (unpaired) electrons. The van der Waals surface area contributed by atoms with Crippen LogP contribution in [0.5, 0.6) is 17.2 Å². The lowest BCUT2D eigenvalue weighted by molar-refractivity contribution is -0.126. The van der Waals surface area contributed by atoms with E-state index in [-0.39, 0.29) is 5.91 Å². The van der Waals surface area contributed by atoms with Crippen LogP contribution in [0, 0.1) is 0 Å². The molecule has 0 spiro atoms. The molecule has 1 saturated heterocycles. The highest BCUT2D eigenvalue weighted by Crippen LogP contribution is 2.40. The van der Waals surface area contributed by atoms with Crippen LogP contribution >= 0.6 is 0 Å². The van der Waals surface area contributed by atoms with E-state index in [1.807, 2.05) is 17.0 Å². The zero-order valence-corrected chi connectivity index (χ0v) is 15.7. The average Bonchev–Trinajstić information content (AvgIpc) is 2.77. The minimum atomic E-state index is -0.0255. The smallest absolute Gasteiger partial charge is 0.246 e. The molecule has 0 unspecified atom stereocenters. The van der Waals surface area contributed by atoms with Crippen LogP contribution in [-0.4, -0.2) is 67.3 Å². The van der Waals surface area contributed by atoms with Crippen LogP contribution in [-0.2, 0) is 4.79 Å². The van der Waals surface area contributed by atoms with E-state index in [9.17, 15) is 4.79 Å². The molecule has 28 heavy (non-hydrogen) atoms. The van der Waals surface area contributed by atoms with Gasteiger partial charge in [-0.1, -0.05) is 0 Å². The van der Waals surface area contributed by atoms with Crippen molar-refractivity contribution in [1.29, 1.82) is 0 Å². The molecule has 8 nitrogen and oxygen atoms in total. The minimum absolute atomic E-state index is 0.0255. The third kappa shape index (κ3) is 3.85. The van der Waals surface area contributed by atoms with Crippen molar-refractivity contribution < 1.29 is 19.0 Å².